The van der Waals surface area contributed by atoms with E-state index in [4.69, 9.17) is 14.2 Å². The third-order valence-corrected chi connectivity index (χ3v) is 8.97. The van der Waals surface area contributed by atoms with Crippen molar-refractivity contribution < 1.29 is 28.9 Å². The van der Waals surface area contributed by atoms with Crippen LogP contribution in [0.1, 0.15) is 45.1 Å². The molecule has 1 saturated heterocycles. The van der Waals surface area contributed by atoms with Crippen molar-refractivity contribution in [2.75, 3.05) is 39.3 Å². The molecule has 35 heavy (non-hydrogen) atoms. The number of hydrogen-bond acceptors (Lipinski definition) is 8. The molecule has 1 spiro atoms. The molecule has 0 unspecified atom stereocenters. The molecule has 1 saturated carbocycles. The molecule has 3 aliphatic heterocycles. The molecule has 6 atom stereocenters. The third kappa shape index (κ3) is 2.93. The number of unbranched alkanes of at least 4 members (excludes halogenated alkanes) is 1. The van der Waals surface area contributed by atoms with Crippen LogP contribution < -0.4 is 9.64 Å². The monoisotopic (exact) mass is 484 g/mol. The number of rotatable bonds is 6. The SMILES string of the molecule is CCCC[C@@]12C=CCN3CC[C@@]4(c5ccc(OC)cc5N(C)[C@@H]4[C@](O)(C(=O)OC)[C@@H]1OC(C)=O)[C@@H]32. The summed E-state index contributed by atoms with van der Waals surface area (Å²) in [5.74, 6) is -0.588. The number of carbonyl (C=O) groups excluding carboxylic acids is 2. The van der Waals surface area contributed by atoms with Crippen molar-refractivity contribution in [1.29, 1.82) is 0 Å². The summed E-state index contributed by atoms with van der Waals surface area (Å²) in [6.07, 6.45) is 6.40. The van der Waals surface area contributed by atoms with Crippen LogP contribution in [0.15, 0.2) is 30.4 Å². The fourth-order valence-corrected chi connectivity index (χ4v) is 8.01. The number of esters is 2. The van der Waals surface area contributed by atoms with Crippen molar-refractivity contribution in [2.45, 2.75) is 68.7 Å². The number of nitrogens with zero attached hydrogens (tertiary/aromatic N) is 2. The molecular weight excluding hydrogens is 448 g/mol. The Balaban J connectivity index is 1.85. The summed E-state index contributed by atoms with van der Waals surface area (Å²) in [5, 5.41) is 12.6. The number of anilines is 1. The van der Waals surface area contributed by atoms with Gasteiger partial charge < -0.3 is 24.2 Å². The predicted molar refractivity (Wildman–Crippen MR) is 130 cm³/mol. The Morgan fingerprint density at radius 3 is 2.66 bits per heavy atom. The quantitative estimate of drug-likeness (QED) is 0.487. The molecule has 1 N–H and O–H groups in total. The van der Waals surface area contributed by atoms with E-state index in [9.17, 15) is 14.7 Å². The molecule has 1 aromatic carbocycles. The Morgan fingerprint density at radius 2 is 2.00 bits per heavy atom. The maximum atomic E-state index is 13.7. The van der Waals surface area contributed by atoms with E-state index >= 15 is 0 Å². The van der Waals surface area contributed by atoms with Crippen molar-refractivity contribution in [2.24, 2.45) is 5.41 Å². The van der Waals surface area contributed by atoms with Crippen molar-refractivity contribution in [3.63, 3.8) is 0 Å². The van der Waals surface area contributed by atoms with Crippen LogP contribution in [0.3, 0.4) is 0 Å². The largest absolute Gasteiger partial charge is 0.497 e. The third-order valence-electron chi connectivity index (χ3n) is 8.97. The smallest absolute Gasteiger partial charge is 0.344 e. The number of carbonyl (C=O) groups is 2. The van der Waals surface area contributed by atoms with E-state index in [1.165, 1.54) is 14.0 Å². The summed E-state index contributed by atoms with van der Waals surface area (Å²) in [4.78, 5) is 30.6. The highest BCUT2D eigenvalue weighted by atomic mass is 16.6. The van der Waals surface area contributed by atoms with Crippen molar-refractivity contribution >= 4 is 17.6 Å². The second-order valence-corrected chi connectivity index (χ2v) is 10.5. The van der Waals surface area contributed by atoms with Gasteiger partial charge in [0.15, 0.2) is 6.10 Å². The second kappa shape index (κ2) is 8.23. The highest BCUT2D eigenvalue weighted by Gasteiger charge is 2.80. The first-order chi connectivity index (χ1) is 16.7. The number of benzene rings is 1. The summed E-state index contributed by atoms with van der Waals surface area (Å²) in [6.45, 7) is 5.06. The molecule has 0 amide bonds. The zero-order valence-corrected chi connectivity index (χ0v) is 21.2. The van der Waals surface area contributed by atoms with Crippen LogP contribution in [0, 0.1) is 5.41 Å². The number of fused-ring (bicyclic) bond motifs is 1. The summed E-state index contributed by atoms with van der Waals surface area (Å²) in [5.41, 5.74) is -1.38. The van der Waals surface area contributed by atoms with E-state index in [-0.39, 0.29) is 6.04 Å². The zero-order valence-electron chi connectivity index (χ0n) is 21.2. The number of ether oxygens (including phenoxy) is 3. The number of likely N-dealkylation sites (N-methyl/N-ethyl adjacent to an activating group) is 1. The molecule has 3 heterocycles. The number of hydrogen-bond donors (Lipinski definition) is 1. The summed E-state index contributed by atoms with van der Waals surface area (Å²) in [7, 11) is 4.81. The van der Waals surface area contributed by atoms with Crippen molar-refractivity contribution in [1.82, 2.24) is 4.90 Å². The van der Waals surface area contributed by atoms with Crippen LogP contribution in [0.5, 0.6) is 5.75 Å². The normalized spacial score (nSPS) is 36.9. The second-order valence-electron chi connectivity index (χ2n) is 10.5. The summed E-state index contributed by atoms with van der Waals surface area (Å²) >= 11 is 0. The first kappa shape index (κ1) is 24.1. The minimum atomic E-state index is -2.08. The van der Waals surface area contributed by atoms with Gasteiger partial charge >= 0.3 is 11.9 Å². The van der Waals surface area contributed by atoms with E-state index in [0.29, 0.717) is 12.2 Å². The predicted octanol–water partition coefficient (Wildman–Crippen LogP) is 2.42. The van der Waals surface area contributed by atoms with Crippen LogP contribution in [0.2, 0.25) is 0 Å². The summed E-state index contributed by atoms with van der Waals surface area (Å²) in [6, 6.07) is 5.28. The minimum absolute atomic E-state index is 0.0528. The molecule has 2 fully saturated rings. The average molecular weight is 485 g/mol. The van der Waals surface area contributed by atoms with E-state index in [2.05, 4.69) is 30.0 Å². The van der Waals surface area contributed by atoms with E-state index < -0.39 is 40.5 Å². The standard InChI is InChI=1S/C27H36N2O6/c1-6-7-11-25-12-8-14-29-15-13-26(21(25)29)19-10-9-18(33-4)16-20(19)28(3)22(26)27(32,24(31)34-5)23(25)35-17(2)30/h8-10,12,16,21-23,32H,6-7,11,13-15H2,1-5H3/t21-,22-,23+,25-,26+,27+/m0/s1. The molecule has 0 bridgehead atoms. The zero-order chi connectivity index (χ0) is 25.2. The van der Waals surface area contributed by atoms with E-state index in [0.717, 1.165) is 43.6 Å². The van der Waals surface area contributed by atoms with Gasteiger partial charge in [0.25, 0.3) is 0 Å². The molecule has 8 heteroatoms. The number of aliphatic hydroxyl groups is 1. The maximum Gasteiger partial charge on any atom is 0.344 e. The fraction of sp³-hybridized carbons (Fsp3) is 0.630. The van der Waals surface area contributed by atoms with Gasteiger partial charge in [-0.1, -0.05) is 38.0 Å². The molecule has 0 aromatic heterocycles. The molecule has 1 aromatic rings. The average Bonchev–Trinajstić information content (AvgIpc) is 3.36. The molecule has 5 rings (SSSR count). The van der Waals surface area contributed by atoms with Crippen LogP contribution in [-0.2, 0) is 24.5 Å². The van der Waals surface area contributed by atoms with Gasteiger partial charge in [0.05, 0.1) is 20.3 Å². The van der Waals surface area contributed by atoms with Crippen LogP contribution in [0.4, 0.5) is 5.69 Å². The Bertz CT molecular complexity index is 1070. The molecule has 8 nitrogen and oxygen atoms in total. The Kier molecular flexibility index (Phi) is 5.68. The molecule has 1 aliphatic carbocycles. The van der Waals surface area contributed by atoms with Gasteiger partial charge in [0.1, 0.15) is 5.75 Å². The van der Waals surface area contributed by atoms with E-state index in [1.807, 2.05) is 24.1 Å². The lowest BCUT2D eigenvalue weighted by molar-refractivity contribution is -0.229. The van der Waals surface area contributed by atoms with Crippen molar-refractivity contribution in [3.8, 4) is 5.75 Å². The first-order valence-corrected chi connectivity index (χ1v) is 12.5. The van der Waals surface area contributed by atoms with Gasteiger partial charge in [0.2, 0.25) is 5.60 Å². The van der Waals surface area contributed by atoms with Gasteiger partial charge in [-0.05, 0) is 31.0 Å². The van der Waals surface area contributed by atoms with Crippen LogP contribution in [-0.4, -0.2) is 80.1 Å². The molecule has 0 radical (unpaired) electrons. The van der Waals surface area contributed by atoms with Crippen molar-refractivity contribution in [3.05, 3.63) is 35.9 Å². The van der Waals surface area contributed by atoms with Crippen LogP contribution in [0.25, 0.3) is 0 Å². The van der Waals surface area contributed by atoms with E-state index in [1.54, 1.807) is 7.11 Å². The summed E-state index contributed by atoms with van der Waals surface area (Å²) < 4.78 is 16.8. The lowest BCUT2D eigenvalue weighted by Gasteiger charge is -2.63. The Labute approximate surface area is 206 Å². The Hall–Kier alpha value is -2.58. The first-order valence-electron chi connectivity index (χ1n) is 12.5. The van der Waals surface area contributed by atoms with Gasteiger partial charge in [0, 0.05) is 49.1 Å². The van der Waals surface area contributed by atoms with Gasteiger partial charge in [-0.15, -0.1) is 0 Å². The fourth-order valence-electron chi connectivity index (χ4n) is 8.01. The molecule has 4 aliphatic rings. The topological polar surface area (TPSA) is 88.5 Å². The Morgan fingerprint density at radius 1 is 1.23 bits per heavy atom. The molecule has 190 valence electrons. The highest BCUT2D eigenvalue weighted by Crippen LogP contribution is 2.67. The lowest BCUT2D eigenvalue weighted by atomic mass is 9.47. The highest BCUT2D eigenvalue weighted by molar-refractivity contribution is 5.87. The van der Waals surface area contributed by atoms with Gasteiger partial charge in [-0.3, -0.25) is 9.69 Å². The maximum absolute atomic E-state index is 13.7. The van der Waals surface area contributed by atoms with Crippen LogP contribution >= 0.6 is 0 Å². The minimum Gasteiger partial charge on any atom is -0.497 e. The van der Waals surface area contributed by atoms with Gasteiger partial charge in [-0.25, -0.2) is 4.79 Å². The lowest BCUT2D eigenvalue weighted by Crippen LogP contribution is -2.81. The molecular formula is C27H36N2O6. The number of methoxy groups -OCH3 is 2. The van der Waals surface area contributed by atoms with Gasteiger partial charge in [-0.2, -0.15) is 0 Å².